The third-order valence-corrected chi connectivity index (χ3v) is 4.96. The van der Waals surface area contributed by atoms with Crippen molar-refractivity contribution in [2.24, 2.45) is 11.5 Å². The van der Waals surface area contributed by atoms with Crippen LogP contribution in [0, 0.1) is 0 Å². The normalized spacial score (nSPS) is 13.9. The van der Waals surface area contributed by atoms with E-state index in [0.717, 1.165) is 16.5 Å². The van der Waals surface area contributed by atoms with E-state index in [4.69, 9.17) is 15.9 Å². The highest BCUT2D eigenvalue weighted by atomic mass is 16.4. The maximum absolute atomic E-state index is 12.2. The molecule has 3 amide bonds. The van der Waals surface area contributed by atoms with Gasteiger partial charge in [0, 0.05) is 23.5 Å². The number of aliphatic hydroxyl groups excluding tert-OH is 1. The van der Waals surface area contributed by atoms with E-state index in [0.29, 0.717) is 6.42 Å². The van der Waals surface area contributed by atoms with Crippen LogP contribution in [0.25, 0.3) is 10.9 Å². The number of nitrogens with one attached hydrogen (secondary N) is 3. The minimum Gasteiger partial charge on any atom is -0.480 e. The van der Waals surface area contributed by atoms with E-state index in [1.807, 2.05) is 30.5 Å². The van der Waals surface area contributed by atoms with Gasteiger partial charge < -0.3 is 41.7 Å². The van der Waals surface area contributed by atoms with Gasteiger partial charge >= 0.3 is 12.0 Å². The Labute approximate surface area is 187 Å². The molecule has 1 aromatic carbocycles. The number of carboxylic acid groups (broad SMARTS) is 1. The van der Waals surface area contributed by atoms with Crippen molar-refractivity contribution in [1.29, 1.82) is 0 Å². The number of aromatic nitrogens is 3. The lowest BCUT2D eigenvalue weighted by Crippen LogP contribution is -2.47. The molecule has 0 radical (unpaired) electrons. The smallest absolute Gasteiger partial charge is 0.326 e. The summed E-state index contributed by atoms with van der Waals surface area (Å²) in [5.41, 5.74) is 13.2. The quantitative estimate of drug-likeness (QED) is 0.202. The molecule has 13 nitrogen and oxygen atoms in total. The Hall–Kier alpha value is -3.97. The first-order valence-electron chi connectivity index (χ1n) is 10.1. The number of carbonyl (C=O) groups is 3. The molecular weight excluding hydrogens is 434 g/mol. The van der Waals surface area contributed by atoms with Crippen LogP contribution in [-0.2, 0) is 16.0 Å². The van der Waals surface area contributed by atoms with Crippen LogP contribution in [0.15, 0.2) is 34.9 Å². The van der Waals surface area contributed by atoms with E-state index in [-0.39, 0.29) is 24.6 Å². The molecule has 0 fully saturated rings. The number of fused-ring (bicyclic) bond motifs is 1. The van der Waals surface area contributed by atoms with Gasteiger partial charge in [-0.1, -0.05) is 18.2 Å². The highest BCUT2D eigenvalue weighted by Gasteiger charge is 2.26. The van der Waals surface area contributed by atoms with Crippen molar-refractivity contribution in [1.82, 2.24) is 25.8 Å². The molecule has 33 heavy (non-hydrogen) atoms. The third-order valence-electron chi connectivity index (χ3n) is 4.96. The lowest BCUT2D eigenvalue weighted by molar-refractivity contribution is -0.139. The summed E-state index contributed by atoms with van der Waals surface area (Å²) in [4.78, 5) is 37.5. The number of carboxylic acids is 1. The molecule has 176 valence electrons. The lowest BCUT2D eigenvalue weighted by Gasteiger charge is -2.17. The second-order valence-corrected chi connectivity index (χ2v) is 7.40. The highest BCUT2D eigenvalue weighted by molar-refractivity contribution is 5.84. The van der Waals surface area contributed by atoms with Crippen molar-refractivity contribution in [2.75, 3.05) is 6.61 Å². The van der Waals surface area contributed by atoms with Gasteiger partial charge in [-0.3, -0.25) is 4.79 Å². The molecule has 9 N–H and O–H groups in total. The van der Waals surface area contributed by atoms with Crippen LogP contribution in [0.5, 0.6) is 0 Å². The van der Waals surface area contributed by atoms with Crippen molar-refractivity contribution in [3.63, 3.8) is 0 Å². The van der Waals surface area contributed by atoms with Crippen LogP contribution in [0.4, 0.5) is 4.79 Å². The van der Waals surface area contributed by atoms with Crippen LogP contribution < -0.4 is 22.1 Å². The lowest BCUT2D eigenvalue weighted by atomic mass is 10.1. The summed E-state index contributed by atoms with van der Waals surface area (Å²) in [6.07, 6.45) is 1.85. The van der Waals surface area contributed by atoms with Gasteiger partial charge in [-0.15, -0.1) is 10.2 Å². The monoisotopic (exact) mass is 459 g/mol. The standard InChI is InChI=1S/C20H25N7O6/c21-12(7-10-8-23-13-4-2-1-3-11(10)13)17-26-27-18(33-17)15(9-28)25-20(32)24-14(19(30)31)5-6-16(22)29/h1-4,8,12,14-15,23,28H,5-7,9,21H2,(H2,22,29)(H,30,31)(H2,24,25,32)/t12-,14-,15-/m0/s1. The number of H-pyrrole nitrogens is 1. The summed E-state index contributed by atoms with van der Waals surface area (Å²) in [5, 5.41) is 32.1. The summed E-state index contributed by atoms with van der Waals surface area (Å²) in [6.45, 7) is -0.592. The number of hydrogen-bond acceptors (Lipinski definition) is 8. The van der Waals surface area contributed by atoms with Crippen molar-refractivity contribution in [3.8, 4) is 0 Å². The van der Waals surface area contributed by atoms with Crippen molar-refractivity contribution in [2.45, 2.75) is 37.4 Å². The van der Waals surface area contributed by atoms with Crippen molar-refractivity contribution in [3.05, 3.63) is 47.8 Å². The van der Waals surface area contributed by atoms with Gasteiger partial charge in [0.25, 0.3) is 0 Å². The second-order valence-electron chi connectivity index (χ2n) is 7.40. The Bertz CT molecular complexity index is 1130. The van der Waals surface area contributed by atoms with Crippen molar-refractivity contribution < 1.29 is 29.0 Å². The number of hydrogen-bond donors (Lipinski definition) is 7. The molecule has 13 heteroatoms. The van der Waals surface area contributed by atoms with Crippen LogP contribution in [0.1, 0.15) is 42.3 Å². The maximum atomic E-state index is 12.2. The van der Waals surface area contributed by atoms with Gasteiger partial charge in [0.2, 0.25) is 17.7 Å². The summed E-state index contributed by atoms with van der Waals surface area (Å²) in [7, 11) is 0. The van der Waals surface area contributed by atoms with Crippen LogP contribution in [-0.4, -0.2) is 56.0 Å². The van der Waals surface area contributed by atoms with E-state index < -0.39 is 42.6 Å². The largest absolute Gasteiger partial charge is 0.480 e. The molecule has 3 aromatic rings. The maximum Gasteiger partial charge on any atom is 0.326 e. The van der Waals surface area contributed by atoms with Gasteiger partial charge in [-0.2, -0.15) is 0 Å². The summed E-state index contributed by atoms with van der Waals surface area (Å²) in [6, 6.07) is 3.75. The first-order valence-corrected chi connectivity index (χ1v) is 10.1. The highest BCUT2D eigenvalue weighted by Crippen LogP contribution is 2.23. The van der Waals surface area contributed by atoms with E-state index in [2.05, 4.69) is 25.8 Å². The molecule has 2 heterocycles. The molecule has 0 saturated carbocycles. The Morgan fingerprint density at radius 3 is 2.58 bits per heavy atom. The topological polar surface area (TPSA) is 222 Å². The molecule has 3 atom stereocenters. The number of carbonyl (C=O) groups excluding carboxylic acids is 2. The molecular formula is C20H25N7O6. The molecule has 0 bridgehead atoms. The summed E-state index contributed by atoms with van der Waals surface area (Å²) < 4.78 is 5.55. The summed E-state index contributed by atoms with van der Waals surface area (Å²) in [5.74, 6) is -2.02. The van der Waals surface area contributed by atoms with Gasteiger partial charge in [-0.25, -0.2) is 9.59 Å². The Morgan fingerprint density at radius 1 is 1.15 bits per heavy atom. The molecule has 0 spiro atoms. The SMILES string of the molecule is NC(=O)CC[C@H](NC(=O)N[C@@H](CO)c1nnc([C@@H](N)Cc2c[nH]c3ccccc23)o1)C(=O)O. The zero-order chi connectivity index (χ0) is 24.0. The van der Waals surface area contributed by atoms with E-state index in [9.17, 15) is 24.6 Å². The minimum absolute atomic E-state index is 0.0963. The molecule has 3 rings (SSSR count). The third kappa shape index (κ3) is 6.05. The Balaban J connectivity index is 1.62. The second kappa shape index (κ2) is 10.6. The molecule has 0 aliphatic rings. The number of benzene rings is 1. The van der Waals surface area contributed by atoms with Crippen LogP contribution >= 0.6 is 0 Å². The van der Waals surface area contributed by atoms with Gasteiger partial charge in [0.05, 0.1) is 12.6 Å². The fourth-order valence-corrected chi connectivity index (χ4v) is 3.25. The number of aliphatic hydroxyl groups is 1. The number of primary amides is 1. The zero-order valence-electron chi connectivity index (χ0n) is 17.5. The molecule has 0 unspecified atom stereocenters. The molecule has 0 aliphatic heterocycles. The first-order chi connectivity index (χ1) is 15.8. The number of aliphatic carboxylic acids is 1. The average molecular weight is 459 g/mol. The van der Waals surface area contributed by atoms with E-state index >= 15 is 0 Å². The van der Waals surface area contributed by atoms with Gasteiger partial charge in [-0.05, 0) is 24.5 Å². The van der Waals surface area contributed by atoms with E-state index in [1.165, 1.54) is 0 Å². The number of nitrogens with two attached hydrogens (primary N) is 2. The fraction of sp³-hybridized carbons (Fsp3) is 0.350. The minimum atomic E-state index is -1.35. The Morgan fingerprint density at radius 2 is 1.88 bits per heavy atom. The number of nitrogens with zero attached hydrogens (tertiary/aromatic N) is 2. The molecule has 0 saturated heterocycles. The number of para-hydroxylation sites is 1. The van der Waals surface area contributed by atoms with Crippen molar-refractivity contribution >= 4 is 28.8 Å². The fourth-order valence-electron chi connectivity index (χ4n) is 3.25. The number of amides is 3. The van der Waals surface area contributed by atoms with E-state index in [1.54, 1.807) is 0 Å². The number of rotatable bonds is 11. The predicted molar refractivity (Wildman–Crippen MR) is 115 cm³/mol. The zero-order valence-corrected chi connectivity index (χ0v) is 17.5. The first kappa shape index (κ1) is 23.7. The molecule has 2 aromatic heterocycles. The predicted octanol–water partition coefficient (Wildman–Crippen LogP) is -0.155. The van der Waals surface area contributed by atoms with Crippen LogP contribution in [0.3, 0.4) is 0 Å². The van der Waals surface area contributed by atoms with Gasteiger partial charge in [0.15, 0.2) is 0 Å². The average Bonchev–Trinajstić information content (AvgIpc) is 3.42. The number of urea groups is 1. The Kier molecular flexibility index (Phi) is 7.58. The molecule has 0 aliphatic carbocycles. The van der Waals surface area contributed by atoms with Gasteiger partial charge in [0.1, 0.15) is 12.1 Å². The van der Waals surface area contributed by atoms with Crippen LogP contribution in [0.2, 0.25) is 0 Å². The number of aromatic amines is 1. The summed E-state index contributed by atoms with van der Waals surface area (Å²) >= 11 is 0.